The van der Waals surface area contributed by atoms with Gasteiger partial charge in [-0.25, -0.2) is 9.78 Å². The molecule has 1 aliphatic rings. The molecule has 1 N–H and O–H groups in total. The Morgan fingerprint density at radius 3 is 2.78 bits per heavy atom. The summed E-state index contributed by atoms with van der Waals surface area (Å²) in [5.41, 5.74) is 5.13. The summed E-state index contributed by atoms with van der Waals surface area (Å²) >= 11 is 13.5. The number of amidine groups is 1. The third-order valence-electron chi connectivity index (χ3n) is 5.60. The van der Waals surface area contributed by atoms with Crippen molar-refractivity contribution in [2.75, 3.05) is 19.4 Å². The van der Waals surface area contributed by atoms with Crippen LogP contribution in [-0.2, 0) is 29.3 Å². The van der Waals surface area contributed by atoms with Crippen LogP contribution in [0.1, 0.15) is 35.0 Å². The zero-order valence-electron chi connectivity index (χ0n) is 22.8. The number of aryl methyl sites for hydroxylation is 1. The number of hydrogen-bond acceptors (Lipinski definition) is 9. The van der Waals surface area contributed by atoms with Gasteiger partial charge in [-0.2, -0.15) is 5.26 Å². The van der Waals surface area contributed by atoms with E-state index >= 15 is 0 Å². The Morgan fingerprint density at radius 2 is 2.07 bits per heavy atom. The van der Waals surface area contributed by atoms with Crippen LogP contribution in [0.5, 0.6) is 0 Å². The molecule has 0 aliphatic carbocycles. The Hall–Kier alpha value is -3.85. The Labute approximate surface area is 253 Å². The smallest absolute Gasteiger partial charge is 0.407 e. The molecule has 1 amide bonds. The van der Waals surface area contributed by atoms with Crippen molar-refractivity contribution in [1.29, 1.82) is 5.26 Å². The topological polar surface area (TPSA) is 125 Å². The highest BCUT2D eigenvalue weighted by Gasteiger charge is 2.19. The molecule has 0 bridgehead atoms. The van der Waals surface area contributed by atoms with E-state index in [0.29, 0.717) is 22.5 Å². The second-order valence-corrected chi connectivity index (χ2v) is 10.5. The van der Waals surface area contributed by atoms with E-state index in [0.717, 1.165) is 52.1 Å². The standard InChI is InChI=1S/C18H20ClN3O3.C10H9ClN4S/c1-12-5-4-6-16(21-12)11-25-22-13(2)14-7-8-17(19)15(9-14)10-20-18(23)24-3;11-9-2-1-8(5-13-9)6-15-3-4-16-10(15)14-7-12/h4-9H,10-11H2,1-3H3,(H,20,23);1-2,5H,3-4,6H2/b22-13+;. The number of benzene rings is 1. The summed E-state index contributed by atoms with van der Waals surface area (Å²) in [5, 5.41) is 17.1. The molecule has 1 fully saturated rings. The molecule has 13 heteroatoms. The quantitative estimate of drug-likeness (QED) is 0.143. The van der Waals surface area contributed by atoms with Gasteiger partial charge in [-0.15, -0.1) is 4.99 Å². The van der Waals surface area contributed by atoms with Crippen molar-refractivity contribution in [3.05, 3.63) is 93.0 Å². The number of carbonyl (C=O) groups is 1. The van der Waals surface area contributed by atoms with Gasteiger partial charge in [-0.1, -0.05) is 58.3 Å². The number of rotatable bonds is 8. The van der Waals surface area contributed by atoms with Crippen molar-refractivity contribution < 1.29 is 14.4 Å². The van der Waals surface area contributed by atoms with Crippen molar-refractivity contribution in [1.82, 2.24) is 20.2 Å². The summed E-state index contributed by atoms with van der Waals surface area (Å²) < 4.78 is 4.55. The lowest BCUT2D eigenvalue weighted by molar-refractivity contribution is 0.127. The first-order chi connectivity index (χ1) is 19.8. The molecule has 3 aromatic rings. The highest BCUT2D eigenvalue weighted by molar-refractivity contribution is 8.14. The number of hydrogen-bond donors (Lipinski definition) is 1. The highest BCUT2D eigenvalue weighted by Crippen LogP contribution is 2.21. The number of nitrogens with one attached hydrogen (secondary N) is 1. The van der Waals surface area contributed by atoms with Gasteiger partial charge in [0.2, 0.25) is 6.19 Å². The third kappa shape index (κ3) is 10.6. The fraction of sp³-hybridized carbons (Fsp3) is 0.286. The van der Waals surface area contributed by atoms with Gasteiger partial charge in [-0.3, -0.25) is 4.98 Å². The lowest BCUT2D eigenvalue weighted by Gasteiger charge is -2.16. The van der Waals surface area contributed by atoms with Gasteiger partial charge in [0.1, 0.15) is 5.15 Å². The normalized spacial score (nSPS) is 13.7. The molecule has 1 aromatic carbocycles. The molecule has 3 heterocycles. The number of alkyl carbamates (subject to hydrolysis) is 1. The molecule has 0 spiro atoms. The Bertz CT molecular complexity index is 1430. The minimum Gasteiger partial charge on any atom is -0.453 e. The summed E-state index contributed by atoms with van der Waals surface area (Å²) in [6.45, 7) is 5.95. The van der Waals surface area contributed by atoms with E-state index in [1.54, 1.807) is 30.1 Å². The zero-order chi connectivity index (χ0) is 29.6. The van der Waals surface area contributed by atoms with Crippen LogP contribution >= 0.6 is 35.0 Å². The molecule has 4 rings (SSSR count). The van der Waals surface area contributed by atoms with Gasteiger partial charge in [0.05, 0.1) is 18.5 Å². The van der Waals surface area contributed by atoms with Gasteiger partial charge in [-0.05, 0) is 60.9 Å². The number of carbonyl (C=O) groups excluding carboxylic acids is 1. The second-order valence-electron chi connectivity index (χ2n) is 8.63. The molecule has 0 unspecified atom stereocenters. The number of oxime groups is 1. The molecule has 0 atom stereocenters. The summed E-state index contributed by atoms with van der Waals surface area (Å²) in [5.74, 6) is 0.974. The van der Waals surface area contributed by atoms with Crippen molar-refractivity contribution in [2.45, 2.75) is 33.5 Å². The summed E-state index contributed by atoms with van der Waals surface area (Å²) in [7, 11) is 1.31. The van der Waals surface area contributed by atoms with Crippen LogP contribution in [0.15, 0.2) is 64.9 Å². The first-order valence-electron chi connectivity index (χ1n) is 12.4. The van der Waals surface area contributed by atoms with Gasteiger partial charge in [0.15, 0.2) is 11.8 Å². The SMILES string of the molecule is COC(=O)NCc1cc(/C(C)=N/OCc2cccc(C)n2)ccc1Cl.N#CN=C1SCCN1Cc1ccc(Cl)nc1. The van der Waals surface area contributed by atoms with Crippen molar-refractivity contribution in [2.24, 2.45) is 10.1 Å². The Balaban J connectivity index is 0.000000248. The van der Waals surface area contributed by atoms with E-state index in [4.69, 9.17) is 33.3 Å². The zero-order valence-corrected chi connectivity index (χ0v) is 25.1. The van der Waals surface area contributed by atoms with Gasteiger partial charge in [0, 0.05) is 42.3 Å². The van der Waals surface area contributed by atoms with Crippen molar-refractivity contribution in [3.63, 3.8) is 0 Å². The number of methoxy groups -OCH3 is 1. The maximum absolute atomic E-state index is 11.2. The van der Waals surface area contributed by atoms with Crippen LogP contribution in [0.3, 0.4) is 0 Å². The minimum absolute atomic E-state index is 0.265. The summed E-state index contributed by atoms with van der Waals surface area (Å²) in [6, 6.07) is 14.9. The van der Waals surface area contributed by atoms with E-state index in [1.165, 1.54) is 7.11 Å². The summed E-state index contributed by atoms with van der Waals surface area (Å²) in [6.07, 6.45) is 3.06. The Morgan fingerprint density at radius 1 is 1.24 bits per heavy atom. The lowest BCUT2D eigenvalue weighted by Crippen LogP contribution is -2.23. The number of thioether (sulfide) groups is 1. The second kappa shape index (κ2) is 16.4. The number of amides is 1. The molecular formula is C28H29Cl2N7O3S. The largest absolute Gasteiger partial charge is 0.453 e. The number of ether oxygens (including phenoxy) is 1. The fourth-order valence-corrected chi connectivity index (χ4v) is 4.78. The number of aliphatic imine (C=N–C) groups is 1. The number of nitriles is 1. The molecule has 214 valence electrons. The predicted octanol–water partition coefficient (Wildman–Crippen LogP) is 5.96. The van der Waals surface area contributed by atoms with Gasteiger partial charge < -0.3 is 19.8 Å². The van der Waals surface area contributed by atoms with E-state index in [-0.39, 0.29) is 6.54 Å². The molecule has 41 heavy (non-hydrogen) atoms. The van der Waals surface area contributed by atoms with Crippen LogP contribution in [0, 0.1) is 18.4 Å². The van der Waals surface area contributed by atoms with Crippen LogP contribution in [0.25, 0.3) is 0 Å². The van der Waals surface area contributed by atoms with Crippen molar-refractivity contribution in [3.8, 4) is 6.19 Å². The van der Waals surface area contributed by atoms with E-state index in [1.807, 2.05) is 56.4 Å². The average molecular weight is 615 g/mol. The third-order valence-corrected chi connectivity index (χ3v) is 7.19. The molecule has 2 aromatic heterocycles. The van der Waals surface area contributed by atoms with E-state index < -0.39 is 6.09 Å². The molecule has 1 saturated heterocycles. The van der Waals surface area contributed by atoms with Crippen LogP contribution in [-0.4, -0.2) is 51.2 Å². The first-order valence-corrected chi connectivity index (χ1v) is 14.2. The predicted molar refractivity (Wildman–Crippen MR) is 162 cm³/mol. The maximum Gasteiger partial charge on any atom is 0.407 e. The van der Waals surface area contributed by atoms with E-state index in [9.17, 15) is 4.79 Å². The fourth-order valence-electron chi connectivity index (χ4n) is 3.55. The van der Waals surface area contributed by atoms with E-state index in [2.05, 4.69) is 35.1 Å². The maximum atomic E-state index is 11.2. The average Bonchev–Trinajstić information content (AvgIpc) is 3.40. The molecule has 1 aliphatic heterocycles. The number of halogens is 2. The lowest BCUT2D eigenvalue weighted by atomic mass is 10.1. The number of aromatic nitrogens is 2. The molecule has 0 saturated carbocycles. The molecular weight excluding hydrogens is 585 g/mol. The monoisotopic (exact) mass is 613 g/mol. The number of pyridine rings is 2. The van der Waals surface area contributed by atoms with Crippen molar-refractivity contribution >= 4 is 51.9 Å². The molecule has 0 radical (unpaired) electrons. The van der Waals surface area contributed by atoms with Crippen LogP contribution in [0.2, 0.25) is 10.2 Å². The first kappa shape index (κ1) is 31.7. The summed E-state index contributed by atoms with van der Waals surface area (Å²) in [4.78, 5) is 30.8. The van der Waals surface area contributed by atoms with Crippen LogP contribution in [0.4, 0.5) is 4.79 Å². The number of nitrogens with zero attached hydrogens (tertiary/aromatic N) is 6. The highest BCUT2D eigenvalue weighted by atomic mass is 35.5. The Kier molecular flexibility index (Phi) is 12.7. The van der Waals surface area contributed by atoms with Crippen LogP contribution < -0.4 is 5.32 Å². The minimum atomic E-state index is -0.513. The van der Waals surface area contributed by atoms with Gasteiger partial charge in [0.25, 0.3) is 0 Å². The van der Waals surface area contributed by atoms with Gasteiger partial charge >= 0.3 is 6.09 Å². The molecule has 10 nitrogen and oxygen atoms in total.